The predicted molar refractivity (Wildman–Crippen MR) is 64.1 cm³/mol. The van der Waals surface area contributed by atoms with E-state index in [-0.39, 0.29) is 5.82 Å². The lowest BCUT2D eigenvalue weighted by Gasteiger charge is -2.21. The molecular formula is C8H12N6O2S. The third-order valence-electron chi connectivity index (χ3n) is 2.23. The van der Waals surface area contributed by atoms with E-state index in [4.69, 9.17) is 0 Å². The SMILES string of the molecule is CN(C)N1NC=C(c2ncc([N+](=O)[O-])n2C)S1. The van der Waals surface area contributed by atoms with Crippen LogP contribution in [0.25, 0.3) is 4.91 Å². The van der Waals surface area contributed by atoms with E-state index in [9.17, 15) is 10.1 Å². The Hall–Kier alpha value is -1.58. The maximum Gasteiger partial charge on any atom is 0.342 e. The molecule has 0 saturated carbocycles. The van der Waals surface area contributed by atoms with Crippen molar-refractivity contribution >= 4 is 22.7 Å². The fraction of sp³-hybridized carbons (Fsp3) is 0.375. The van der Waals surface area contributed by atoms with Crippen LogP contribution in [0.2, 0.25) is 0 Å². The van der Waals surface area contributed by atoms with Gasteiger partial charge in [0.1, 0.15) is 11.1 Å². The van der Waals surface area contributed by atoms with Crippen LogP contribution < -0.4 is 5.43 Å². The molecule has 2 heterocycles. The number of hydrogen-bond acceptors (Lipinski definition) is 7. The Labute approximate surface area is 102 Å². The standard InChI is InChI=1S/C8H12N6O2S/c1-11(2)14-10-4-6(17-14)8-9-5-7(12(8)3)13(15)16/h4-5,10H,1-3H3. The summed E-state index contributed by atoms with van der Waals surface area (Å²) in [6, 6.07) is 0. The minimum absolute atomic E-state index is 0.0233. The van der Waals surface area contributed by atoms with Gasteiger partial charge in [-0.15, -0.1) is 0 Å². The van der Waals surface area contributed by atoms with Crippen molar-refractivity contribution in [3.63, 3.8) is 0 Å². The molecule has 0 spiro atoms. The number of nitrogens with one attached hydrogen (secondary N) is 1. The second-order valence-corrected chi connectivity index (χ2v) is 4.57. The summed E-state index contributed by atoms with van der Waals surface area (Å²) in [6.45, 7) is 0. The van der Waals surface area contributed by atoms with Crippen molar-refractivity contribution in [1.82, 2.24) is 24.5 Å². The quantitative estimate of drug-likeness (QED) is 0.481. The first-order valence-corrected chi connectivity index (χ1v) is 5.56. The topological polar surface area (TPSA) is 79.5 Å². The van der Waals surface area contributed by atoms with E-state index in [1.807, 2.05) is 19.1 Å². The molecule has 8 nitrogen and oxygen atoms in total. The highest BCUT2D eigenvalue weighted by molar-refractivity contribution is 8.06. The van der Waals surface area contributed by atoms with Crippen LogP contribution >= 0.6 is 11.9 Å². The minimum Gasteiger partial charge on any atom is -0.358 e. The monoisotopic (exact) mass is 256 g/mol. The number of rotatable bonds is 3. The first-order chi connectivity index (χ1) is 8.00. The molecule has 0 unspecified atom stereocenters. The zero-order valence-electron chi connectivity index (χ0n) is 9.62. The molecular weight excluding hydrogens is 244 g/mol. The lowest BCUT2D eigenvalue weighted by Crippen LogP contribution is -2.36. The van der Waals surface area contributed by atoms with Gasteiger partial charge in [-0.25, -0.2) is 14.6 Å². The molecule has 1 aliphatic heterocycles. The van der Waals surface area contributed by atoms with Crippen molar-refractivity contribution in [3.05, 3.63) is 28.3 Å². The maximum absolute atomic E-state index is 10.7. The van der Waals surface area contributed by atoms with Crippen molar-refractivity contribution in [3.8, 4) is 0 Å². The van der Waals surface area contributed by atoms with Crippen LogP contribution in [-0.2, 0) is 7.05 Å². The zero-order chi connectivity index (χ0) is 12.6. The fourth-order valence-corrected chi connectivity index (χ4v) is 2.19. The molecule has 1 aromatic rings. The molecule has 1 aliphatic rings. The van der Waals surface area contributed by atoms with E-state index in [1.165, 1.54) is 22.7 Å². The van der Waals surface area contributed by atoms with Gasteiger partial charge in [0, 0.05) is 32.2 Å². The molecule has 1 aromatic heterocycles. The second kappa shape index (κ2) is 4.35. The normalized spacial score (nSPS) is 16.1. The summed E-state index contributed by atoms with van der Waals surface area (Å²) in [5.41, 5.74) is 3.01. The number of aromatic nitrogens is 2. The summed E-state index contributed by atoms with van der Waals surface area (Å²) >= 11 is 1.41. The van der Waals surface area contributed by atoms with Gasteiger partial charge >= 0.3 is 5.82 Å². The third kappa shape index (κ3) is 2.12. The molecule has 0 amide bonds. The van der Waals surface area contributed by atoms with Crippen LogP contribution in [0.1, 0.15) is 5.82 Å². The van der Waals surface area contributed by atoms with Crippen LogP contribution in [0, 0.1) is 10.1 Å². The summed E-state index contributed by atoms with van der Waals surface area (Å²) in [4.78, 5) is 15.1. The Balaban J connectivity index is 2.23. The van der Waals surface area contributed by atoms with E-state index in [1.54, 1.807) is 17.8 Å². The molecule has 0 saturated heterocycles. The minimum atomic E-state index is -0.451. The first-order valence-electron chi connectivity index (χ1n) is 4.79. The Morgan fingerprint density at radius 2 is 2.29 bits per heavy atom. The fourth-order valence-electron chi connectivity index (χ4n) is 1.36. The summed E-state index contributed by atoms with van der Waals surface area (Å²) < 4.78 is 3.25. The molecule has 9 heteroatoms. The first kappa shape index (κ1) is 11.9. The van der Waals surface area contributed by atoms with Crippen LogP contribution in [-0.4, -0.2) is 38.1 Å². The molecule has 0 bridgehead atoms. The smallest absolute Gasteiger partial charge is 0.342 e. The highest BCUT2D eigenvalue weighted by Gasteiger charge is 2.26. The predicted octanol–water partition coefficient (Wildman–Crippen LogP) is 0.572. The van der Waals surface area contributed by atoms with E-state index in [2.05, 4.69) is 10.4 Å². The molecule has 0 aliphatic carbocycles. The van der Waals surface area contributed by atoms with E-state index in [0.717, 1.165) is 4.91 Å². The van der Waals surface area contributed by atoms with E-state index < -0.39 is 4.92 Å². The number of hydrogen-bond donors (Lipinski definition) is 1. The molecule has 92 valence electrons. The van der Waals surface area contributed by atoms with Gasteiger partial charge in [-0.05, 0) is 4.92 Å². The van der Waals surface area contributed by atoms with Crippen LogP contribution in [0.15, 0.2) is 12.4 Å². The van der Waals surface area contributed by atoms with Gasteiger partial charge < -0.3 is 15.5 Å². The van der Waals surface area contributed by atoms with Gasteiger partial charge in [0.25, 0.3) is 0 Å². The summed E-state index contributed by atoms with van der Waals surface area (Å²) in [6.07, 6.45) is 3.02. The molecule has 2 rings (SSSR count). The van der Waals surface area contributed by atoms with Gasteiger partial charge in [0.2, 0.25) is 5.82 Å². The Morgan fingerprint density at radius 3 is 2.76 bits per heavy atom. The Bertz CT molecular complexity index is 482. The second-order valence-electron chi connectivity index (χ2n) is 3.61. The lowest BCUT2D eigenvalue weighted by molar-refractivity contribution is -0.391. The molecule has 0 aromatic carbocycles. The summed E-state index contributed by atoms with van der Waals surface area (Å²) in [5, 5.41) is 12.6. The Kier molecular flexibility index (Phi) is 3.05. The average Bonchev–Trinajstić information content (AvgIpc) is 2.82. The van der Waals surface area contributed by atoms with Gasteiger partial charge in [0.05, 0.1) is 7.05 Å². The van der Waals surface area contributed by atoms with Crippen molar-refractivity contribution < 1.29 is 4.92 Å². The molecule has 1 N–H and O–H groups in total. The third-order valence-corrected chi connectivity index (χ3v) is 3.33. The van der Waals surface area contributed by atoms with Crippen molar-refractivity contribution in [2.24, 2.45) is 7.05 Å². The number of imidazole rings is 1. The van der Waals surface area contributed by atoms with E-state index in [0.29, 0.717) is 5.82 Å². The van der Waals surface area contributed by atoms with Gasteiger partial charge in [-0.1, -0.05) is 4.52 Å². The van der Waals surface area contributed by atoms with Crippen molar-refractivity contribution in [2.75, 3.05) is 14.1 Å². The van der Waals surface area contributed by atoms with Crippen LogP contribution in [0.5, 0.6) is 0 Å². The molecule has 0 radical (unpaired) electrons. The maximum atomic E-state index is 10.7. The highest BCUT2D eigenvalue weighted by atomic mass is 32.2. The molecule has 17 heavy (non-hydrogen) atoms. The van der Waals surface area contributed by atoms with Gasteiger partial charge in [-0.3, -0.25) is 0 Å². The van der Waals surface area contributed by atoms with E-state index >= 15 is 0 Å². The average molecular weight is 256 g/mol. The number of hydrazine groups is 2. The van der Waals surface area contributed by atoms with Crippen LogP contribution in [0.3, 0.4) is 0 Å². The Morgan fingerprint density at radius 1 is 1.59 bits per heavy atom. The molecule has 0 atom stereocenters. The van der Waals surface area contributed by atoms with Crippen molar-refractivity contribution in [2.45, 2.75) is 0 Å². The summed E-state index contributed by atoms with van der Waals surface area (Å²) in [7, 11) is 5.40. The number of nitro groups is 1. The zero-order valence-corrected chi connectivity index (χ0v) is 10.4. The lowest BCUT2D eigenvalue weighted by atomic mass is 10.5. The molecule has 0 fully saturated rings. The largest absolute Gasteiger partial charge is 0.358 e. The highest BCUT2D eigenvalue weighted by Crippen LogP contribution is 2.33. The summed E-state index contributed by atoms with van der Waals surface area (Å²) in [5.74, 6) is 0.545. The number of nitrogens with zero attached hydrogens (tertiary/aromatic N) is 5. The van der Waals surface area contributed by atoms with Gasteiger partial charge in [0.15, 0.2) is 0 Å². The van der Waals surface area contributed by atoms with Crippen molar-refractivity contribution in [1.29, 1.82) is 0 Å². The van der Waals surface area contributed by atoms with Crippen LogP contribution in [0.4, 0.5) is 5.82 Å². The van der Waals surface area contributed by atoms with Gasteiger partial charge in [-0.2, -0.15) is 0 Å².